The molecule has 0 aromatic heterocycles. The molecule has 0 saturated carbocycles. The molecule has 0 saturated heterocycles. The van der Waals surface area contributed by atoms with E-state index in [-0.39, 0.29) is 5.75 Å². The fourth-order valence-corrected chi connectivity index (χ4v) is 3.08. The molecule has 0 amide bonds. The normalized spacial score (nSPS) is 13.5. The van der Waals surface area contributed by atoms with Crippen LogP contribution in [0.3, 0.4) is 0 Å². The Kier molecular flexibility index (Phi) is 6.14. The predicted octanol–water partition coefficient (Wildman–Crippen LogP) is 2.64. The fourth-order valence-electron chi connectivity index (χ4n) is 1.18. The minimum atomic E-state index is -3.44. The lowest BCUT2D eigenvalue weighted by Gasteiger charge is -2.22. The van der Waals surface area contributed by atoms with Gasteiger partial charge < -0.3 is 4.74 Å². The minimum absolute atomic E-state index is 0.0523. The summed E-state index contributed by atoms with van der Waals surface area (Å²) in [4.78, 5) is 0. The maximum atomic E-state index is 10.9. The molecule has 0 aliphatic rings. The van der Waals surface area contributed by atoms with Gasteiger partial charge in [-0.2, -0.15) is 0 Å². The molecule has 0 rings (SSSR count). The molecular weight excluding hydrogens is 236 g/mol. The highest BCUT2D eigenvalue weighted by Crippen LogP contribution is 2.20. The molecule has 0 unspecified atom stereocenters. The molecule has 0 radical (unpaired) electrons. The molecule has 0 aromatic rings. The predicted molar refractivity (Wildman–Crippen MR) is 63.7 cm³/mol. The maximum Gasteiger partial charge on any atom is 0.233 e. The van der Waals surface area contributed by atoms with Gasteiger partial charge in [0.15, 0.2) is 0 Å². The van der Waals surface area contributed by atoms with Crippen LogP contribution in [0.4, 0.5) is 0 Å². The molecule has 92 valence electrons. The zero-order chi connectivity index (χ0) is 12.1. The van der Waals surface area contributed by atoms with Gasteiger partial charge in [0.2, 0.25) is 9.05 Å². The first-order valence-electron chi connectivity index (χ1n) is 5.12. The van der Waals surface area contributed by atoms with Crippen LogP contribution in [0.15, 0.2) is 0 Å². The Hall–Kier alpha value is 0.200. The Morgan fingerprint density at radius 2 is 1.87 bits per heavy atom. The van der Waals surface area contributed by atoms with E-state index in [0.717, 1.165) is 6.42 Å². The molecule has 0 N–H and O–H groups in total. The molecule has 0 heterocycles. The molecule has 0 aromatic carbocycles. The molecule has 0 spiro atoms. The van der Waals surface area contributed by atoms with E-state index in [1.807, 2.05) is 13.8 Å². The summed E-state index contributed by atoms with van der Waals surface area (Å²) in [5.74, 6) is 0.549. The quantitative estimate of drug-likeness (QED) is 0.520. The second kappa shape index (κ2) is 6.06. The SMILES string of the molecule is CC(C)CCOCC(C)(C)CS(=O)(=O)Cl. The Balaban J connectivity index is 3.85. The van der Waals surface area contributed by atoms with Crippen LogP contribution in [0.1, 0.15) is 34.1 Å². The number of hydrogen-bond acceptors (Lipinski definition) is 3. The minimum Gasteiger partial charge on any atom is -0.381 e. The van der Waals surface area contributed by atoms with E-state index in [2.05, 4.69) is 13.8 Å². The van der Waals surface area contributed by atoms with Crippen molar-refractivity contribution >= 4 is 19.7 Å². The van der Waals surface area contributed by atoms with E-state index in [0.29, 0.717) is 19.1 Å². The van der Waals surface area contributed by atoms with Crippen LogP contribution in [0.5, 0.6) is 0 Å². The van der Waals surface area contributed by atoms with Gasteiger partial charge in [0.1, 0.15) is 0 Å². The lowest BCUT2D eigenvalue weighted by molar-refractivity contribution is 0.0660. The summed E-state index contributed by atoms with van der Waals surface area (Å²) in [6.45, 7) is 9.01. The average molecular weight is 257 g/mol. The summed E-state index contributed by atoms with van der Waals surface area (Å²) in [7, 11) is 1.75. The first-order chi connectivity index (χ1) is 6.62. The van der Waals surface area contributed by atoms with Crippen molar-refractivity contribution in [3.63, 3.8) is 0 Å². The van der Waals surface area contributed by atoms with Crippen molar-refractivity contribution in [1.82, 2.24) is 0 Å². The monoisotopic (exact) mass is 256 g/mol. The second-order valence-electron chi connectivity index (χ2n) is 5.08. The third-order valence-corrected chi connectivity index (χ3v) is 3.35. The van der Waals surface area contributed by atoms with Crippen molar-refractivity contribution in [3.8, 4) is 0 Å². The molecule has 0 atom stereocenters. The van der Waals surface area contributed by atoms with E-state index in [4.69, 9.17) is 15.4 Å². The van der Waals surface area contributed by atoms with Crippen LogP contribution in [-0.4, -0.2) is 27.4 Å². The van der Waals surface area contributed by atoms with Crippen molar-refractivity contribution in [3.05, 3.63) is 0 Å². The fraction of sp³-hybridized carbons (Fsp3) is 1.00. The molecular formula is C10H21ClO3S. The molecule has 0 bridgehead atoms. The van der Waals surface area contributed by atoms with E-state index < -0.39 is 14.5 Å². The molecule has 0 aliphatic carbocycles. The van der Waals surface area contributed by atoms with Crippen molar-refractivity contribution < 1.29 is 13.2 Å². The highest BCUT2D eigenvalue weighted by atomic mass is 35.7. The molecule has 15 heavy (non-hydrogen) atoms. The Morgan fingerprint density at radius 3 is 2.27 bits per heavy atom. The lowest BCUT2D eigenvalue weighted by atomic mass is 9.98. The summed E-state index contributed by atoms with van der Waals surface area (Å²) >= 11 is 0. The standard InChI is InChI=1S/C10H21ClO3S/c1-9(2)5-6-14-7-10(3,4)8-15(11,12)13/h9H,5-8H2,1-4H3. The maximum absolute atomic E-state index is 10.9. The number of rotatable bonds is 7. The van der Waals surface area contributed by atoms with Crippen LogP contribution in [-0.2, 0) is 13.8 Å². The number of ether oxygens (including phenoxy) is 1. The van der Waals surface area contributed by atoms with E-state index >= 15 is 0 Å². The van der Waals surface area contributed by atoms with Crippen LogP contribution in [0.2, 0.25) is 0 Å². The molecule has 0 fully saturated rings. The van der Waals surface area contributed by atoms with E-state index in [1.165, 1.54) is 0 Å². The van der Waals surface area contributed by atoms with E-state index in [1.54, 1.807) is 0 Å². The van der Waals surface area contributed by atoms with Gasteiger partial charge >= 0.3 is 0 Å². The van der Waals surface area contributed by atoms with Crippen LogP contribution < -0.4 is 0 Å². The third-order valence-electron chi connectivity index (χ3n) is 1.90. The zero-order valence-corrected chi connectivity index (χ0v) is 11.5. The van der Waals surface area contributed by atoms with Crippen molar-refractivity contribution in [1.29, 1.82) is 0 Å². The van der Waals surface area contributed by atoms with Gasteiger partial charge in [0, 0.05) is 22.7 Å². The summed E-state index contributed by atoms with van der Waals surface area (Å²) in [6, 6.07) is 0. The average Bonchev–Trinajstić information content (AvgIpc) is 1.93. The smallest absolute Gasteiger partial charge is 0.233 e. The topological polar surface area (TPSA) is 43.4 Å². The van der Waals surface area contributed by atoms with Gasteiger partial charge in [-0.05, 0) is 12.3 Å². The first-order valence-corrected chi connectivity index (χ1v) is 7.60. The zero-order valence-electron chi connectivity index (χ0n) is 9.92. The van der Waals surface area contributed by atoms with Gasteiger partial charge in [0.25, 0.3) is 0 Å². The molecule has 3 nitrogen and oxygen atoms in total. The lowest BCUT2D eigenvalue weighted by Crippen LogP contribution is -2.27. The summed E-state index contributed by atoms with van der Waals surface area (Å²) in [5.41, 5.74) is -0.419. The van der Waals surface area contributed by atoms with Gasteiger partial charge in [0.05, 0.1) is 12.4 Å². The van der Waals surface area contributed by atoms with Crippen molar-refractivity contribution in [2.24, 2.45) is 11.3 Å². The van der Waals surface area contributed by atoms with E-state index in [9.17, 15) is 8.42 Å². The number of halogens is 1. The summed E-state index contributed by atoms with van der Waals surface area (Å²) in [6.07, 6.45) is 0.990. The van der Waals surface area contributed by atoms with Gasteiger partial charge in [-0.1, -0.05) is 27.7 Å². The Labute approximate surface area is 97.6 Å². The van der Waals surface area contributed by atoms with Crippen molar-refractivity contribution in [2.45, 2.75) is 34.1 Å². The largest absolute Gasteiger partial charge is 0.381 e. The van der Waals surface area contributed by atoms with Gasteiger partial charge in [-0.3, -0.25) is 0 Å². The highest BCUT2D eigenvalue weighted by Gasteiger charge is 2.25. The van der Waals surface area contributed by atoms with Gasteiger partial charge in [-0.25, -0.2) is 8.42 Å². The Morgan fingerprint density at radius 1 is 1.33 bits per heavy atom. The highest BCUT2D eigenvalue weighted by molar-refractivity contribution is 8.13. The second-order valence-corrected chi connectivity index (χ2v) is 7.86. The number of hydrogen-bond donors (Lipinski definition) is 0. The van der Waals surface area contributed by atoms with Crippen LogP contribution in [0.25, 0.3) is 0 Å². The summed E-state index contributed by atoms with van der Waals surface area (Å²) in [5, 5.41) is 0. The Bertz CT molecular complexity index is 270. The van der Waals surface area contributed by atoms with Crippen LogP contribution in [0, 0.1) is 11.3 Å². The van der Waals surface area contributed by atoms with Crippen LogP contribution >= 0.6 is 10.7 Å². The third kappa shape index (κ3) is 10.5. The van der Waals surface area contributed by atoms with Crippen molar-refractivity contribution in [2.75, 3.05) is 19.0 Å². The first kappa shape index (κ1) is 15.2. The molecule has 0 aliphatic heterocycles. The summed E-state index contributed by atoms with van der Waals surface area (Å²) < 4.78 is 27.2. The molecule has 5 heteroatoms. The van der Waals surface area contributed by atoms with Gasteiger partial charge in [-0.15, -0.1) is 0 Å².